The number of rotatable bonds is 2. The minimum atomic E-state index is 0.0925. The second-order valence-electron chi connectivity index (χ2n) is 9.02. The number of benzene rings is 1. The summed E-state index contributed by atoms with van der Waals surface area (Å²) in [4.78, 5) is 12.1. The number of nitrogens with zero attached hydrogens (tertiary/aromatic N) is 5. The van der Waals surface area contributed by atoms with E-state index in [-0.39, 0.29) is 17.6 Å². The number of para-hydroxylation sites is 1. The fourth-order valence-electron chi connectivity index (χ4n) is 5.41. The molecule has 8 nitrogen and oxygen atoms in total. The van der Waals surface area contributed by atoms with Crippen LogP contribution >= 0.6 is 0 Å². The van der Waals surface area contributed by atoms with Crippen molar-refractivity contribution < 1.29 is 4.74 Å². The first-order valence-corrected chi connectivity index (χ1v) is 11.0. The molecule has 2 aliphatic heterocycles. The Kier molecular flexibility index (Phi) is 4.10. The van der Waals surface area contributed by atoms with Crippen LogP contribution in [0.15, 0.2) is 36.8 Å². The second-order valence-corrected chi connectivity index (χ2v) is 9.02. The molecule has 8 heteroatoms. The van der Waals surface area contributed by atoms with E-state index in [1.807, 2.05) is 18.6 Å². The Morgan fingerprint density at radius 1 is 1.26 bits per heavy atom. The number of aromatic amines is 1. The van der Waals surface area contributed by atoms with E-state index >= 15 is 0 Å². The number of aryl methyl sites for hydroxylation is 1. The Balaban J connectivity index is 1.40. The summed E-state index contributed by atoms with van der Waals surface area (Å²) in [7, 11) is 0. The van der Waals surface area contributed by atoms with Gasteiger partial charge in [-0.2, -0.15) is 5.10 Å². The van der Waals surface area contributed by atoms with Crippen molar-refractivity contribution in [2.45, 2.75) is 38.8 Å². The van der Waals surface area contributed by atoms with Gasteiger partial charge in [-0.05, 0) is 26.7 Å². The zero-order valence-corrected chi connectivity index (χ0v) is 17.9. The van der Waals surface area contributed by atoms with Crippen LogP contribution in [0.1, 0.15) is 25.5 Å². The molecule has 6 rings (SSSR count). The van der Waals surface area contributed by atoms with Gasteiger partial charge in [0.25, 0.3) is 0 Å². The molecule has 5 heterocycles. The van der Waals surface area contributed by atoms with E-state index in [9.17, 15) is 0 Å². The first-order valence-electron chi connectivity index (χ1n) is 11.0. The lowest BCUT2D eigenvalue weighted by Crippen LogP contribution is -2.51. The van der Waals surface area contributed by atoms with Crippen molar-refractivity contribution in [2.75, 3.05) is 24.6 Å². The highest BCUT2D eigenvalue weighted by molar-refractivity contribution is 5.97. The third-order valence-corrected chi connectivity index (χ3v) is 7.34. The molecule has 1 aromatic carbocycles. The molecule has 0 unspecified atom stereocenters. The fourth-order valence-corrected chi connectivity index (χ4v) is 5.41. The molecule has 0 bridgehead atoms. The van der Waals surface area contributed by atoms with Crippen molar-refractivity contribution in [3.63, 3.8) is 0 Å². The molecular weight excluding hydrogens is 390 g/mol. The summed E-state index contributed by atoms with van der Waals surface area (Å²) in [5, 5.41) is 8.44. The van der Waals surface area contributed by atoms with E-state index in [0.717, 1.165) is 71.9 Å². The molecule has 0 saturated carbocycles. The molecule has 2 atom stereocenters. The molecular formula is C23H27N7O. The van der Waals surface area contributed by atoms with E-state index < -0.39 is 0 Å². The first kappa shape index (κ1) is 18.8. The van der Waals surface area contributed by atoms with Crippen molar-refractivity contribution in [1.29, 1.82) is 0 Å². The first-order chi connectivity index (χ1) is 15.1. The van der Waals surface area contributed by atoms with Crippen LogP contribution in [0.4, 0.5) is 5.95 Å². The van der Waals surface area contributed by atoms with E-state index in [4.69, 9.17) is 20.4 Å². The van der Waals surface area contributed by atoms with Gasteiger partial charge in [0, 0.05) is 53.5 Å². The van der Waals surface area contributed by atoms with E-state index in [1.165, 1.54) is 0 Å². The van der Waals surface area contributed by atoms with Gasteiger partial charge in [0.05, 0.1) is 30.1 Å². The predicted octanol–water partition coefficient (Wildman–Crippen LogP) is 2.91. The van der Waals surface area contributed by atoms with Crippen LogP contribution in [-0.2, 0) is 4.74 Å². The number of hydrogen-bond donors (Lipinski definition) is 2. The normalized spacial score (nSPS) is 23.4. The zero-order valence-electron chi connectivity index (χ0n) is 17.9. The van der Waals surface area contributed by atoms with Crippen LogP contribution in [0, 0.1) is 12.3 Å². The second kappa shape index (κ2) is 6.77. The molecule has 0 radical (unpaired) electrons. The highest BCUT2D eigenvalue weighted by atomic mass is 16.5. The monoisotopic (exact) mass is 417 g/mol. The van der Waals surface area contributed by atoms with E-state index in [0.29, 0.717) is 0 Å². The van der Waals surface area contributed by atoms with Gasteiger partial charge in [0.15, 0.2) is 0 Å². The SMILES string of the molecule is Cc1nc(N2CCC3(CC2)CO[C@@H](C)[C@H]3N)n2ccnc2c1-c1cccc2cn[nH]c12. The minimum absolute atomic E-state index is 0.0925. The van der Waals surface area contributed by atoms with Gasteiger partial charge in [-0.1, -0.05) is 18.2 Å². The molecule has 2 aliphatic rings. The summed E-state index contributed by atoms with van der Waals surface area (Å²) in [6.07, 6.45) is 7.88. The fraction of sp³-hybridized carbons (Fsp3) is 0.435. The van der Waals surface area contributed by atoms with Crippen LogP contribution < -0.4 is 10.6 Å². The van der Waals surface area contributed by atoms with Gasteiger partial charge >= 0.3 is 0 Å². The standard InChI is InChI=1S/C23H27N7O/c1-14-18(17-5-3-4-16-12-26-28-19(16)17)21-25-8-11-30(21)22(27-14)29-9-6-23(7-10-29)13-31-15(2)20(23)24/h3-5,8,11-12,15,20H,6-7,9-10,13,24H2,1-2H3,(H,26,28)/t15-,20+/m0/s1. The number of anilines is 1. The van der Waals surface area contributed by atoms with Crippen molar-refractivity contribution >= 4 is 22.5 Å². The Bertz CT molecular complexity index is 1270. The molecule has 31 heavy (non-hydrogen) atoms. The lowest BCUT2D eigenvalue weighted by Gasteiger charge is -2.41. The number of nitrogens with one attached hydrogen (secondary N) is 1. The summed E-state index contributed by atoms with van der Waals surface area (Å²) >= 11 is 0. The quantitative estimate of drug-likeness (QED) is 0.521. The van der Waals surface area contributed by atoms with Gasteiger partial charge in [0.1, 0.15) is 5.65 Å². The van der Waals surface area contributed by atoms with Crippen LogP contribution in [0.2, 0.25) is 0 Å². The predicted molar refractivity (Wildman–Crippen MR) is 120 cm³/mol. The number of ether oxygens (including phenoxy) is 1. The Labute approximate surface area is 180 Å². The number of imidazole rings is 1. The Morgan fingerprint density at radius 3 is 2.87 bits per heavy atom. The van der Waals surface area contributed by atoms with Crippen LogP contribution in [0.5, 0.6) is 0 Å². The van der Waals surface area contributed by atoms with Gasteiger partial charge in [-0.25, -0.2) is 9.97 Å². The molecule has 0 aliphatic carbocycles. The van der Waals surface area contributed by atoms with E-state index in [2.05, 4.69) is 51.5 Å². The number of hydrogen-bond acceptors (Lipinski definition) is 6. The Hall–Kier alpha value is -2.97. The van der Waals surface area contributed by atoms with Crippen LogP contribution in [0.25, 0.3) is 27.7 Å². The smallest absolute Gasteiger partial charge is 0.211 e. The van der Waals surface area contributed by atoms with Gasteiger partial charge in [-0.3, -0.25) is 9.50 Å². The average Bonchev–Trinajstić information content (AvgIpc) is 3.51. The van der Waals surface area contributed by atoms with Crippen LogP contribution in [0.3, 0.4) is 0 Å². The maximum atomic E-state index is 6.51. The summed E-state index contributed by atoms with van der Waals surface area (Å²) < 4.78 is 8.00. The molecule has 2 saturated heterocycles. The Morgan fingerprint density at radius 2 is 2.10 bits per heavy atom. The van der Waals surface area contributed by atoms with Crippen molar-refractivity contribution in [3.05, 3.63) is 42.5 Å². The molecule has 1 spiro atoms. The third kappa shape index (κ3) is 2.71. The average molecular weight is 418 g/mol. The highest BCUT2D eigenvalue weighted by Crippen LogP contribution is 2.42. The van der Waals surface area contributed by atoms with Crippen LogP contribution in [-0.4, -0.2) is 56.4 Å². The molecule has 4 aromatic rings. The minimum Gasteiger partial charge on any atom is -0.376 e. The zero-order chi connectivity index (χ0) is 21.2. The maximum Gasteiger partial charge on any atom is 0.211 e. The summed E-state index contributed by atoms with van der Waals surface area (Å²) in [6, 6.07) is 6.32. The van der Waals surface area contributed by atoms with Gasteiger partial charge in [0.2, 0.25) is 5.95 Å². The largest absolute Gasteiger partial charge is 0.376 e. The maximum absolute atomic E-state index is 6.51. The van der Waals surface area contributed by atoms with Crippen molar-refractivity contribution in [1.82, 2.24) is 24.6 Å². The van der Waals surface area contributed by atoms with Crippen molar-refractivity contribution in [2.24, 2.45) is 11.1 Å². The highest BCUT2D eigenvalue weighted by Gasteiger charge is 2.47. The number of piperidine rings is 1. The summed E-state index contributed by atoms with van der Waals surface area (Å²) in [5.74, 6) is 0.945. The van der Waals surface area contributed by atoms with E-state index in [1.54, 1.807) is 0 Å². The number of H-pyrrole nitrogens is 1. The number of aromatic nitrogens is 5. The lowest BCUT2D eigenvalue weighted by atomic mass is 9.73. The summed E-state index contributed by atoms with van der Waals surface area (Å²) in [6.45, 7) is 6.75. The molecule has 0 amide bonds. The van der Waals surface area contributed by atoms with Gasteiger partial charge < -0.3 is 15.4 Å². The molecule has 160 valence electrons. The van der Waals surface area contributed by atoms with Gasteiger partial charge in [-0.15, -0.1) is 0 Å². The number of nitrogens with two attached hydrogens (primary N) is 1. The molecule has 3 aromatic heterocycles. The van der Waals surface area contributed by atoms with Crippen molar-refractivity contribution in [3.8, 4) is 11.1 Å². The topological polar surface area (TPSA) is 97.4 Å². The lowest BCUT2D eigenvalue weighted by molar-refractivity contribution is 0.0973. The number of fused-ring (bicyclic) bond motifs is 2. The third-order valence-electron chi connectivity index (χ3n) is 7.34. The molecule has 2 fully saturated rings. The molecule has 3 N–H and O–H groups in total. The summed E-state index contributed by atoms with van der Waals surface area (Å²) in [5.41, 5.74) is 11.6.